The minimum atomic E-state index is 0.446. The molecule has 104 valence electrons. The molecule has 0 aromatic heterocycles. The van der Waals surface area contributed by atoms with E-state index in [0.717, 1.165) is 25.7 Å². The van der Waals surface area contributed by atoms with Gasteiger partial charge in [0.25, 0.3) is 0 Å². The van der Waals surface area contributed by atoms with Gasteiger partial charge < -0.3 is 14.9 Å². The van der Waals surface area contributed by atoms with Crippen molar-refractivity contribution in [3.8, 4) is 0 Å². The molecule has 3 fully saturated rings. The van der Waals surface area contributed by atoms with Gasteiger partial charge in [-0.05, 0) is 77.0 Å². The Bertz CT molecular complexity index is 295. The number of nitrogens with zero attached hydrogens (tertiary/aromatic N) is 1. The van der Waals surface area contributed by atoms with Gasteiger partial charge in [-0.2, -0.15) is 0 Å². The average molecular weight is 253 g/mol. The number of hydrogen-bond donors (Lipinski definition) is 1. The molecule has 3 heteroatoms. The molecule has 3 aliphatic rings. The first-order valence-electron chi connectivity index (χ1n) is 8.21. The lowest BCUT2D eigenvalue weighted by molar-refractivity contribution is -0.0358. The van der Waals surface area contributed by atoms with Gasteiger partial charge in [-0.3, -0.25) is 0 Å². The van der Waals surface area contributed by atoms with Crippen molar-refractivity contribution in [2.24, 2.45) is 5.41 Å². The molecule has 0 saturated carbocycles. The zero-order valence-corrected chi connectivity index (χ0v) is 11.7. The molecule has 3 heterocycles. The second-order valence-corrected chi connectivity index (χ2v) is 6.57. The summed E-state index contributed by atoms with van der Waals surface area (Å²) in [6.07, 6.45) is 8.08. The van der Waals surface area contributed by atoms with Crippen molar-refractivity contribution in [1.29, 1.82) is 0 Å². The Kier molecular flexibility index (Phi) is 3.56. The van der Waals surface area contributed by atoms with Crippen molar-refractivity contribution >= 4 is 0 Å². The molecule has 18 heavy (non-hydrogen) atoms. The van der Waals surface area contributed by atoms with Crippen molar-refractivity contribution in [3.05, 3.63) is 0 Å². The molecule has 2 atom stereocenters. The molecule has 3 rings (SSSR count). The van der Waals surface area contributed by atoms with Crippen LogP contribution in [0.5, 0.6) is 0 Å². The van der Waals surface area contributed by atoms with Crippen molar-refractivity contribution < 1.29 is 6.15 Å². The van der Waals surface area contributed by atoms with Gasteiger partial charge >= 0.3 is 0 Å². The first-order valence-corrected chi connectivity index (χ1v) is 7.76. The Morgan fingerprint density at radius 1 is 1.22 bits per heavy atom. The van der Waals surface area contributed by atoms with Crippen LogP contribution in [-0.2, 0) is 4.74 Å². The normalized spacial score (nSPS) is 39.7. The average Bonchev–Trinajstić information content (AvgIpc) is 2.43. The first kappa shape index (κ1) is 11.7. The van der Waals surface area contributed by atoms with Crippen LogP contribution in [0, 0.1) is 5.41 Å². The molecule has 3 saturated heterocycles. The molecule has 0 aromatic carbocycles. The molecule has 0 bridgehead atoms. The summed E-state index contributed by atoms with van der Waals surface area (Å²) >= 11 is 0. The lowest BCUT2D eigenvalue weighted by Crippen LogP contribution is -2.50. The maximum absolute atomic E-state index is 7.71. The van der Waals surface area contributed by atoms with Crippen LogP contribution in [0.15, 0.2) is 0 Å². The van der Waals surface area contributed by atoms with Crippen LogP contribution in [0.3, 0.4) is 0 Å². The fraction of sp³-hybridized carbons (Fsp3) is 1.00. The highest BCUT2D eigenvalue weighted by molar-refractivity contribution is 4.91. The third-order valence-electron chi connectivity index (χ3n) is 5.43. The number of rotatable bonds is 1. The third kappa shape index (κ3) is 2.73. The fourth-order valence-corrected chi connectivity index (χ4v) is 4.04. The van der Waals surface area contributed by atoms with Gasteiger partial charge in [0, 0.05) is 12.6 Å². The molecule has 1 N–H and O–H groups in total. The van der Waals surface area contributed by atoms with Crippen molar-refractivity contribution in [2.75, 3.05) is 32.8 Å². The molecule has 0 amide bonds. The molecule has 3 aliphatic heterocycles. The molecule has 1 spiro atoms. The topological polar surface area (TPSA) is 24.5 Å². The summed E-state index contributed by atoms with van der Waals surface area (Å²) in [7, 11) is 0. The van der Waals surface area contributed by atoms with Crippen LogP contribution in [0.1, 0.15) is 45.4 Å². The minimum absolute atomic E-state index is 0.446. The summed E-state index contributed by atoms with van der Waals surface area (Å²) in [6, 6.07) is 0.761. The van der Waals surface area contributed by atoms with Crippen molar-refractivity contribution in [2.45, 2.75) is 57.6 Å². The van der Waals surface area contributed by atoms with Crippen LogP contribution in [-0.4, -0.2) is 49.8 Å². The van der Waals surface area contributed by atoms with E-state index in [2.05, 4.69) is 11.8 Å². The van der Waals surface area contributed by atoms with Crippen LogP contribution in [0.2, 0.25) is 1.41 Å². The second-order valence-electron chi connectivity index (χ2n) is 6.57. The van der Waals surface area contributed by atoms with Gasteiger partial charge in [-0.25, -0.2) is 0 Å². The van der Waals surface area contributed by atoms with Crippen molar-refractivity contribution in [1.82, 2.24) is 10.2 Å². The van der Waals surface area contributed by atoms with E-state index in [1.54, 1.807) is 5.31 Å². The smallest absolute Gasteiger partial charge is 0.122 e. The maximum atomic E-state index is 7.71. The van der Waals surface area contributed by atoms with Gasteiger partial charge in [0.15, 0.2) is 0 Å². The van der Waals surface area contributed by atoms with Crippen LogP contribution >= 0.6 is 0 Å². The first-order chi connectivity index (χ1) is 9.17. The SMILES string of the molecule is [2H]N1CCC2(CC1)CCN(C1CCOC(C)C1)CC2. The van der Waals surface area contributed by atoms with Gasteiger partial charge in [-0.1, -0.05) is 0 Å². The summed E-state index contributed by atoms with van der Waals surface area (Å²) in [5, 5.41) is 1.75. The summed E-state index contributed by atoms with van der Waals surface area (Å²) in [6.45, 7) is 7.66. The largest absolute Gasteiger partial charge is 0.378 e. The van der Waals surface area contributed by atoms with E-state index < -0.39 is 0 Å². The number of hydrogen-bond acceptors (Lipinski definition) is 3. The van der Waals surface area contributed by atoms with Crippen LogP contribution < -0.4 is 5.31 Å². The highest BCUT2D eigenvalue weighted by Gasteiger charge is 2.37. The van der Waals surface area contributed by atoms with Crippen molar-refractivity contribution in [3.63, 3.8) is 0 Å². The van der Waals surface area contributed by atoms with E-state index in [1.165, 1.54) is 51.6 Å². The Morgan fingerprint density at radius 2 is 1.94 bits per heavy atom. The molecule has 0 aromatic rings. The quantitative estimate of drug-likeness (QED) is 0.774. The number of piperidine rings is 2. The van der Waals surface area contributed by atoms with E-state index in [-0.39, 0.29) is 0 Å². The van der Waals surface area contributed by atoms with E-state index in [0.29, 0.717) is 11.5 Å². The highest BCUT2D eigenvalue weighted by Crippen LogP contribution is 2.40. The Hall–Kier alpha value is -0.120. The number of ether oxygens (including phenoxy) is 1. The van der Waals surface area contributed by atoms with Gasteiger partial charge in [0.1, 0.15) is 1.41 Å². The molecule has 2 unspecified atom stereocenters. The second kappa shape index (κ2) is 5.48. The predicted octanol–water partition coefficient (Wildman–Crippen LogP) is 2.02. The van der Waals surface area contributed by atoms with E-state index in [4.69, 9.17) is 6.15 Å². The zero-order chi connectivity index (χ0) is 13.3. The number of nitrogens with one attached hydrogen (secondary N) is 1. The highest BCUT2D eigenvalue weighted by atomic mass is 16.5. The van der Waals surface area contributed by atoms with Crippen LogP contribution in [0.4, 0.5) is 0 Å². The summed E-state index contributed by atoms with van der Waals surface area (Å²) in [4.78, 5) is 2.72. The van der Waals surface area contributed by atoms with E-state index in [1.807, 2.05) is 0 Å². The monoisotopic (exact) mass is 253 g/mol. The minimum Gasteiger partial charge on any atom is -0.378 e. The lowest BCUT2D eigenvalue weighted by Gasteiger charge is -2.47. The van der Waals surface area contributed by atoms with Crippen LogP contribution in [0.25, 0.3) is 0 Å². The van der Waals surface area contributed by atoms with E-state index >= 15 is 0 Å². The Labute approximate surface area is 113 Å². The zero-order valence-electron chi connectivity index (χ0n) is 12.7. The molecular formula is C15H28N2O. The maximum Gasteiger partial charge on any atom is 0.122 e. The third-order valence-corrected chi connectivity index (χ3v) is 5.43. The number of likely N-dealkylation sites (tertiary alicyclic amines) is 1. The summed E-state index contributed by atoms with van der Waals surface area (Å²) in [5.41, 5.74) is 0.574. The summed E-state index contributed by atoms with van der Waals surface area (Å²) < 4.78 is 13.4. The van der Waals surface area contributed by atoms with Gasteiger partial charge in [-0.15, -0.1) is 0 Å². The Morgan fingerprint density at radius 3 is 2.61 bits per heavy atom. The molecular weight excluding hydrogens is 224 g/mol. The standard InChI is InChI=1S/C15H28N2O/c1-13-12-14(2-11-18-13)17-9-5-15(6-10-17)3-7-16-8-4-15/h13-14,16H,2-12H2,1H3/i/hD. The van der Waals surface area contributed by atoms with Gasteiger partial charge in [0.2, 0.25) is 0 Å². The molecule has 0 radical (unpaired) electrons. The molecule has 0 aliphatic carbocycles. The summed E-state index contributed by atoms with van der Waals surface area (Å²) in [5.74, 6) is 0. The lowest BCUT2D eigenvalue weighted by atomic mass is 9.71. The van der Waals surface area contributed by atoms with E-state index in [9.17, 15) is 0 Å². The fourth-order valence-electron chi connectivity index (χ4n) is 4.04. The Balaban J connectivity index is 1.51. The molecule has 3 nitrogen and oxygen atoms in total. The predicted molar refractivity (Wildman–Crippen MR) is 73.8 cm³/mol. The van der Waals surface area contributed by atoms with Gasteiger partial charge in [0.05, 0.1) is 6.10 Å².